The van der Waals surface area contributed by atoms with Crippen molar-refractivity contribution in [2.75, 3.05) is 12.8 Å². The van der Waals surface area contributed by atoms with Crippen LogP contribution in [0.1, 0.15) is 22.8 Å². The van der Waals surface area contributed by atoms with Crippen molar-refractivity contribution in [3.05, 3.63) is 29.1 Å². The molecule has 0 bridgehead atoms. The van der Waals surface area contributed by atoms with E-state index in [0.29, 0.717) is 0 Å². The summed E-state index contributed by atoms with van der Waals surface area (Å²) in [7, 11) is 1.20. The van der Waals surface area contributed by atoms with E-state index in [-0.39, 0.29) is 16.8 Å². The lowest BCUT2D eigenvalue weighted by atomic mass is 10.1. The molecule has 1 unspecified atom stereocenters. The van der Waals surface area contributed by atoms with Gasteiger partial charge in [0.15, 0.2) is 0 Å². The average Bonchev–Trinajstić information content (AvgIpc) is 2.32. The molecule has 18 heavy (non-hydrogen) atoms. The molecule has 6 heteroatoms. The van der Waals surface area contributed by atoms with E-state index in [1.54, 1.807) is 0 Å². The van der Waals surface area contributed by atoms with Gasteiger partial charge < -0.3 is 15.8 Å². The maximum atomic E-state index is 13.7. The molecule has 0 spiro atoms. The molecule has 0 saturated heterocycles. The van der Waals surface area contributed by atoms with Crippen molar-refractivity contribution in [1.82, 2.24) is 5.32 Å². The van der Waals surface area contributed by atoms with Gasteiger partial charge in [0.05, 0.1) is 12.7 Å². The Hall–Kier alpha value is -2.11. The molecular weight excluding hydrogens is 239 g/mol. The van der Waals surface area contributed by atoms with Crippen LogP contribution >= 0.6 is 0 Å². The number of carbonyl (C=O) groups is 2. The summed E-state index contributed by atoms with van der Waals surface area (Å²) >= 11 is 0. The minimum absolute atomic E-state index is 0.191. The molecule has 3 N–H and O–H groups in total. The van der Waals surface area contributed by atoms with Gasteiger partial charge in [-0.05, 0) is 31.5 Å². The summed E-state index contributed by atoms with van der Waals surface area (Å²) in [5.41, 5.74) is 5.90. The van der Waals surface area contributed by atoms with Crippen LogP contribution in [0.25, 0.3) is 0 Å². The SMILES string of the molecule is COC(=O)C(C)NC(=O)c1cc(N)cc(C)c1F. The van der Waals surface area contributed by atoms with Gasteiger partial charge in [-0.25, -0.2) is 9.18 Å². The van der Waals surface area contributed by atoms with Gasteiger partial charge in [0, 0.05) is 5.69 Å². The molecule has 0 radical (unpaired) electrons. The number of nitrogens with one attached hydrogen (secondary N) is 1. The van der Waals surface area contributed by atoms with Crippen LogP contribution in [0.3, 0.4) is 0 Å². The Balaban J connectivity index is 2.95. The normalized spacial score (nSPS) is 11.8. The number of ether oxygens (including phenoxy) is 1. The van der Waals surface area contributed by atoms with E-state index in [1.165, 1.54) is 33.1 Å². The Morgan fingerprint density at radius 2 is 2.06 bits per heavy atom. The predicted molar refractivity (Wildman–Crippen MR) is 64.5 cm³/mol. The van der Waals surface area contributed by atoms with Crippen LogP contribution in [0.5, 0.6) is 0 Å². The van der Waals surface area contributed by atoms with E-state index < -0.39 is 23.7 Å². The summed E-state index contributed by atoms with van der Waals surface area (Å²) in [6.45, 7) is 2.95. The number of rotatable bonds is 3. The average molecular weight is 254 g/mol. The molecule has 0 fully saturated rings. The third-order valence-electron chi connectivity index (χ3n) is 2.42. The summed E-state index contributed by atoms with van der Waals surface area (Å²) in [5.74, 6) is -1.97. The molecule has 0 aliphatic heterocycles. The minimum Gasteiger partial charge on any atom is -0.467 e. The first-order valence-corrected chi connectivity index (χ1v) is 5.31. The number of nitrogen functional groups attached to an aromatic ring is 1. The van der Waals surface area contributed by atoms with E-state index >= 15 is 0 Å². The van der Waals surface area contributed by atoms with Gasteiger partial charge in [0.1, 0.15) is 11.9 Å². The molecule has 0 saturated carbocycles. The fraction of sp³-hybridized carbons (Fsp3) is 0.333. The lowest BCUT2D eigenvalue weighted by molar-refractivity contribution is -0.142. The monoisotopic (exact) mass is 254 g/mol. The minimum atomic E-state index is -0.858. The molecule has 0 aliphatic carbocycles. The van der Waals surface area contributed by atoms with Gasteiger partial charge in [0.2, 0.25) is 0 Å². The van der Waals surface area contributed by atoms with Crippen LogP contribution in [-0.2, 0) is 9.53 Å². The highest BCUT2D eigenvalue weighted by molar-refractivity contribution is 5.97. The van der Waals surface area contributed by atoms with Gasteiger partial charge in [-0.2, -0.15) is 0 Å². The Labute approximate surface area is 104 Å². The number of hydrogen-bond donors (Lipinski definition) is 2. The third kappa shape index (κ3) is 2.97. The second-order valence-electron chi connectivity index (χ2n) is 3.92. The molecule has 5 nitrogen and oxygen atoms in total. The molecule has 1 amide bonds. The predicted octanol–water partition coefficient (Wildman–Crippen LogP) is 1.01. The van der Waals surface area contributed by atoms with E-state index in [4.69, 9.17) is 5.73 Å². The van der Waals surface area contributed by atoms with Crippen molar-refractivity contribution in [3.63, 3.8) is 0 Å². The van der Waals surface area contributed by atoms with Crippen molar-refractivity contribution in [3.8, 4) is 0 Å². The fourth-order valence-corrected chi connectivity index (χ4v) is 1.47. The number of carbonyl (C=O) groups excluding carboxylic acids is 2. The quantitative estimate of drug-likeness (QED) is 0.623. The third-order valence-corrected chi connectivity index (χ3v) is 2.42. The molecule has 0 aliphatic rings. The highest BCUT2D eigenvalue weighted by Crippen LogP contribution is 2.17. The number of hydrogen-bond acceptors (Lipinski definition) is 4. The number of anilines is 1. The van der Waals surface area contributed by atoms with Crippen molar-refractivity contribution in [2.45, 2.75) is 19.9 Å². The van der Waals surface area contributed by atoms with Gasteiger partial charge in [-0.1, -0.05) is 0 Å². The van der Waals surface area contributed by atoms with Crippen LogP contribution in [0, 0.1) is 12.7 Å². The van der Waals surface area contributed by atoms with Crippen LogP contribution in [-0.4, -0.2) is 25.0 Å². The van der Waals surface area contributed by atoms with Crippen molar-refractivity contribution in [2.24, 2.45) is 0 Å². The van der Waals surface area contributed by atoms with E-state index in [2.05, 4.69) is 10.1 Å². The zero-order chi connectivity index (χ0) is 13.9. The topological polar surface area (TPSA) is 81.4 Å². The molecular formula is C12H15FN2O3. The zero-order valence-corrected chi connectivity index (χ0v) is 10.4. The maximum Gasteiger partial charge on any atom is 0.328 e. The van der Waals surface area contributed by atoms with Crippen LogP contribution < -0.4 is 11.1 Å². The maximum absolute atomic E-state index is 13.7. The summed E-state index contributed by atoms with van der Waals surface area (Å²) in [5, 5.41) is 2.33. The Bertz CT molecular complexity index is 488. The zero-order valence-electron chi connectivity index (χ0n) is 10.4. The molecule has 0 heterocycles. The Morgan fingerprint density at radius 3 is 2.61 bits per heavy atom. The second-order valence-corrected chi connectivity index (χ2v) is 3.92. The van der Waals surface area contributed by atoms with E-state index in [1.807, 2.05) is 0 Å². The largest absolute Gasteiger partial charge is 0.467 e. The summed E-state index contributed by atoms with van der Waals surface area (Å²) in [4.78, 5) is 22.9. The Morgan fingerprint density at radius 1 is 1.44 bits per heavy atom. The first kappa shape index (κ1) is 14.0. The van der Waals surface area contributed by atoms with Crippen LogP contribution in [0.15, 0.2) is 12.1 Å². The summed E-state index contributed by atoms with van der Waals surface area (Å²) in [6.07, 6.45) is 0. The highest BCUT2D eigenvalue weighted by Gasteiger charge is 2.20. The summed E-state index contributed by atoms with van der Waals surface area (Å²) < 4.78 is 18.2. The first-order chi connectivity index (χ1) is 8.36. The van der Waals surface area contributed by atoms with Crippen molar-refractivity contribution < 1.29 is 18.7 Å². The smallest absolute Gasteiger partial charge is 0.328 e. The van der Waals surface area contributed by atoms with Crippen LogP contribution in [0.4, 0.5) is 10.1 Å². The van der Waals surface area contributed by atoms with Crippen LogP contribution in [0.2, 0.25) is 0 Å². The highest BCUT2D eigenvalue weighted by atomic mass is 19.1. The fourth-order valence-electron chi connectivity index (χ4n) is 1.47. The number of halogens is 1. The number of benzene rings is 1. The van der Waals surface area contributed by atoms with E-state index in [9.17, 15) is 14.0 Å². The van der Waals surface area contributed by atoms with E-state index in [0.717, 1.165) is 0 Å². The number of methoxy groups -OCH3 is 1. The lowest BCUT2D eigenvalue weighted by Crippen LogP contribution is -2.39. The molecule has 1 atom stereocenters. The number of aryl methyl sites for hydroxylation is 1. The Kier molecular flexibility index (Phi) is 4.25. The molecule has 0 aromatic heterocycles. The number of amides is 1. The van der Waals surface area contributed by atoms with Crippen molar-refractivity contribution in [1.29, 1.82) is 0 Å². The molecule has 1 rings (SSSR count). The molecule has 1 aromatic carbocycles. The first-order valence-electron chi connectivity index (χ1n) is 5.31. The van der Waals surface area contributed by atoms with Gasteiger partial charge in [-0.15, -0.1) is 0 Å². The molecule has 1 aromatic rings. The van der Waals surface area contributed by atoms with Gasteiger partial charge in [0.25, 0.3) is 5.91 Å². The number of esters is 1. The standard InChI is InChI=1S/C12H15FN2O3/c1-6-4-8(14)5-9(10(6)13)11(16)15-7(2)12(17)18-3/h4-5,7H,14H2,1-3H3,(H,15,16). The second kappa shape index (κ2) is 5.48. The van der Waals surface area contributed by atoms with Gasteiger partial charge >= 0.3 is 5.97 Å². The summed E-state index contributed by atoms with van der Waals surface area (Å²) in [6, 6.07) is 1.79. The van der Waals surface area contributed by atoms with Gasteiger partial charge in [-0.3, -0.25) is 4.79 Å². The molecule has 98 valence electrons. The van der Waals surface area contributed by atoms with Crippen molar-refractivity contribution >= 4 is 17.6 Å². The lowest BCUT2D eigenvalue weighted by Gasteiger charge is -2.13. The number of nitrogens with two attached hydrogens (primary N) is 1.